The second-order valence-electron chi connectivity index (χ2n) is 4.43. The van der Waals surface area contributed by atoms with Crippen LogP contribution in [0.3, 0.4) is 0 Å². The summed E-state index contributed by atoms with van der Waals surface area (Å²) < 4.78 is 0.686. The van der Waals surface area contributed by atoms with Crippen LogP contribution in [0.15, 0.2) is 22.7 Å². The first-order valence-corrected chi connectivity index (χ1v) is 7.97. The predicted molar refractivity (Wildman–Crippen MR) is 85.2 cm³/mol. The fraction of sp³-hybridized carbons (Fsp3) is 0.500. The van der Waals surface area contributed by atoms with Crippen molar-refractivity contribution >= 4 is 45.0 Å². The Balaban J connectivity index is 2.60. The molecule has 19 heavy (non-hydrogen) atoms. The maximum absolute atomic E-state index is 12.0. The number of halogens is 3. The first-order valence-electron chi connectivity index (χ1n) is 6.36. The van der Waals surface area contributed by atoms with E-state index in [2.05, 4.69) is 35.1 Å². The molecule has 1 aromatic carbocycles. The molecule has 1 rings (SSSR count). The molecule has 1 unspecified atom stereocenters. The van der Waals surface area contributed by atoms with Gasteiger partial charge in [-0.15, -0.1) is 11.6 Å². The Hall–Kier alpha value is -0.250. The summed E-state index contributed by atoms with van der Waals surface area (Å²) in [5, 5.41) is 3.42. The minimum atomic E-state index is -0.139. The van der Waals surface area contributed by atoms with Crippen molar-refractivity contribution in [3.63, 3.8) is 0 Å². The number of carbonyl (C=O) groups excluding carboxylic acids is 1. The molecule has 0 fully saturated rings. The Morgan fingerprint density at radius 1 is 1.37 bits per heavy atom. The van der Waals surface area contributed by atoms with Gasteiger partial charge in [0.05, 0.1) is 10.9 Å². The van der Waals surface area contributed by atoms with Crippen LogP contribution >= 0.6 is 39.1 Å². The number of benzene rings is 1. The third-order valence-electron chi connectivity index (χ3n) is 3.19. The van der Waals surface area contributed by atoms with Crippen LogP contribution in [0.1, 0.15) is 37.0 Å². The highest BCUT2D eigenvalue weighted by Gasteiger charge is 2.17. The first-order chi connectivity index (χ1) is 8.99. The van der Waals surface area contributed by atoms with Gasteiger partial charge in [0.1, 0.15) is 0 Å². The van der Waals surface area contributed by atoms with E-state index < -0.39 is 0 Å². The molecule has 0 saturated heterocycles. The van der Waals surface area contributed by atoms with Crippen molar-refractivity contribution in [3.05, 3.63) is 33.3 Å². The van der Waals surface area contributed by atoms with Crippen molar-refractivity contribution in [3.8, 4) is 0 Å². The summed E-state index contributed by atoms with van der Waals surface area (Å²) in [5.74, 6) is 0.288. The lowest BCUT2D eigenvalue weighted by atomic mass is 9.99. The molecule has 0 saturated carbocycles. The molecule has 1 amide bonds. The third kappa shape index (κ3) is 4.97. The third-order valence-corrected chi connectivity index (χ3v) is 4.60. The van der Waals surface area contributed by atoms with E-state index in [1.165, 1.54) is 0 Å². The second-order valence-corrected chi connectivity index (χ2v) is 6.28. The molecule has 0 radical (unpaired) electrons. The fourth-order valence-corrected chi connectivity index (χ4v) is 3.22. The lowest BCUT2D eigenvalue weighted by molar-refractivity contribution is 0.0951. The van der Waals surface area contributed by atoms with Gasteiger partial charge in [0.2, 0.25) is 0 Å². The van der Waals surface area contributed by atoms with Gasteiger partial charge in [-0.3, -0.25) is 4.79 Å². The molecule has 1 atom stereocenters. The van der Waals surface area contributed by atoms with Crippen LogP contribution in [0.2, 0.25) is 5.02 Å². The number of rotatable bonds is 6. The van der Waals surface area contributed by atoms with Crippen LogP contribution < -0.4 is 5.32 Å². The monoisotopic (exact) mass is 365 g/mol. The Morgan fingerprint density at radius 3 is 2.53 bits per heavy atom. The average Bonchev–Trinajstić information content (AvgIpc) is 2.37. The van der Waals surface area contributed by atoms with Crippen molar-refractivity contribution < 1.29 is 4.79 Å². The molecule has 0 aliphatic heterocycles. The SMILES string of the molecule is CCC(CC)C(Cl)CNC(=O)c1ccc(Cl)cc1Br. The van der Waals surface area contributed by atoms with E-state index in [4.69, 9.17) is 23.2 Å². The van der Waals surface area contributed by atoms with Crippen molar-refractivity contribution in [2.24, 2.45) is 5.92 Å². The molecule has 0 aliphatic carbocycles. The van der Waals surface area contributed by atoms with Crippen molar-refractivity contribution in [1.29, 1.82) is 0 Å². The minimum absolute atomic E-state index is 0.0370. The van der Waals surface area contributed by atoms with E-state index in [0.717, 1.165) is 12.8 Å². The van der Waals surface area contributed by atoms with Crippen molar-refractivity contribution in [1.82, 2.24) is 5.32 Å². The summed E-state index contributed by atoms with van der Waals surface area (Å²) in [6, 6.07) is 5.10. The van der Waals surface area contributed by atoms with Gasteiger partial charge in [0.15, 0.2) is 0 Å². The quantitative estimate of drug-likeness (QED) is 0.714. The molecular weight excluding hydrogens is 349 g/mol. The number of alkyl halides is 1. The van der Waals surface area contributed by atoms with Crippen LogP contribution in [-0.2, 0) is 0 Å². The zero-order chi connectivity index (χ0) is 14.4. The molecule has 1 N–H and O–H groups in total. The van der Waals surface area contributed by atoms with Crippen LogP contribution in [0.25, 0.3) is 0 Å². The summed E-state index contributed by atoms with van der Waals surface area (Å²) in [5.41, 5.74) is 0.567. The summed E-state index contributed by atoms with van der Waals surface area (Å²) in [4.78, 5) is 12.0. The molecule has 0 aliphatic rings. The number of carbonyl (C=O) groups is 1. The predicted octanol–water partition coefficient (Wildman–Crippen LogP) is 4.88. The number of nitrogens with one attached hydrogen (secondary N) is 1. The van der Waals surface area contributed by atoms with E-state index in [0.29, 0.717) is 27.5 Å². The van der Waals surface area contributed by atoms with Gasteiger partial charge in [-0.1, -0.05) is 38.3 Å². The molecule has 0 aromatic heterocycles. The molecule has 5 heteroatoms. The maximum atomic E-state index is 12.0. The van der Waals surface area contributed by atoms with Gasteiger partial charge in [0.25, 0.3) is 5.91 Å². The van der Waals surface area contributed by atoms with Gasteiger partial charge >= 0.3 is 0 Å². The maximum Gasteiger partial charge on any atom is 0.252 e. The number of amides is 1. The largest absolute Gasteiger partial charge is 0.351 e. The van der Waals surface area contributed by atoms with Crippen LogP contribution in [0.4, 0.5) is 0 Å². The smallest absolute Gasteiger partial charge is 0.252 e. The fourth-order valence-electron chi connectivity index (χ4n) is 1.93. The van der Waals surface area contributed by atoms with E-state index >= 15 is 0 Å². The number of hydrogen-bond donors (Lipinski definition) is 1. The van der Waals surface area contributed by atoms with Crippen LogP contribution in [-0.4, -0.2) is 17.8 Å². The average molecular weight is 367 g/mol. The first kappa shape index (κ1) is 16.8. The van der Waals surface area contributed by atoms with E-state index in [1.54, 1.807) is 18.2 Å². The molecule has 2 nitrogen and oxygen atoms in total. The molecule has 0 heterocycles. The highest BCUT2D eigenvalue weighted by atomic mass is 79.9. The normalized spacial score (nSPS) is 12.5. The summed E-state index contributed by atoms with van der Waals surface area (Å²) in [6.45, 7) is 4.70. The summed E-state index contributed by atoms with van der Waals surface area (Å²) >= 11 is 15.5. The molecule has 0 bridgehead atoms. The van der Waals surface area contributed by atoms with Crippen LogP contribution in [0, 0.1) is 5.92 Å². The van der Waals surface area contributed by atoms with E-state index in [-0.39, 0.29) is 11.3 Å². The standard InChI is InChI=1S/C14H18BrCl2NO/c1-3-9(4-2)13(17)8-18-14(19)11-6-5-10(16)7-12(11)15/h5-7,9,13H,3-4,8H2,1-2H3,(H,18,19). The number of hydrogen-bond acceptors (Lipinski definition) is 1. The zero-order valence-electron chi connectivity index (χ0n) is 11.1. The summed E-state index contributed by atoms with van der Waals surface area (Å²) in [7, 11) is 0. The Morgan fingerprint density at radius 2 is 2.00 bits per heavy atom. The highest BCUT2D eigenvalue weighted by Crippen LogP contribution is 2.22. The van der Waals surface area contributed by atoms with Gasteiger partial charge in [0, 0.05) is 16.0 Å². The zero-order valence-corrected chi connectivity index (χ0v) is 14.1. The molecule has 0 spiro atoms. The van der Waals surface area contributed by atoms with Gasteiger partial charge in [-0.05, 0) is 40.0 Å². The Bertz CT molecular complexity index is 435. The van der Waals surface area contributed by atoms with Crippen molar-refractivity contribution in [2.75, 3.05) is 6.54 Å². The van der Waals surface area contributed by atoms with Crippen molar-refractivity contribution in [2.45, 2.75) is 32.1 Å². The van der Waals surface area contributed by atoms with Gasteiger partial charge in [-0.2, -0.15) is 0 Å². The van der Waals surface area contributed by atoms with E-state index in [9.17, 15) is 4.79 Å². The topological polar surface area (TPSA) is 29.1 Å². The summed E-state index contributed by atoms with van der Waals surface area (Å²) in [6.07, 6.45) is 2.04. The van der Waals surface area contributed by atoms with E-state index in [1.807, 2.05) is 0 Å². The Kier molecular flexibility index (Phi) is 7.19. The van der Waals surface area contributed by atoms with Crippen LogP contribution in [0.5, 0.6) is 0 Å². The molecule has 106 valence electrons. The lowest BCUT2D eigenvalue weighted by Gasteiger charge is -2.19. The van der Waals surface area contributed by atoms with Gasteiger partial charge < -0.3 is 5.32 Å². The minimum Gasteiger partial charge on any atom is -0.351 e. The Labute approximate surface area is 133 Å². The lowest BCUT2D eigenvalue weighted by Crippen LogP contribution is -2.33. The highest BCUT2D eigenvalue weighted by molar-refractivity contribution is 9.10. The molecular formula is C14H18BrCl2NO. The second kappa shape index (κ2) is 8.13. The van der Waals surface area contributed by atoms with Gasteiger partial charge in [-0.25, -0.2) is 0 Å². The molecule has 1 aromatic rings.